The Morgan fingerprint density at radius 1 is 0.957 bits per heavy atom. The first-order chi connectivity index (χ1) is 11.3. The highest BCUT2D eigenvalue weighted by Gasteiger charge is 2.18. The van der Waals surface area contributed by atoms with Gasteiger partial charge in [0.05, 0.1) is 13.2 Å². The fraction of sp³-hybridized carbons (Fsp3) is 0.368. The number of nitrogens with one attached hydrogen (secondary N) is 1. The van der Waals surface area contributed by atoms with E-state index in [4.69, 9.17) is 9.47 Å². The molecule has 4 heteroatoms. The standard InChI is InChI=1S/C19H23NO3/c21-18(14-20-10-12-22-13-11-20)15-23-19-8-6-17(7-9-19)16-4-2-1-3-5-16/h1-9,18,21H,10-15H2/p+1/t18-/m1/s1. The third-order valence-corrected chi connectivity index (χ3v) is 4.13. The van der Waals surface area contributed by atoms with Crippen LogP contribution in [0.2, 0.25) is 0 Å². The lowest BCUT2D eigenvalue weighted by atomic mass is 10.1. The Bertz CT molecular complexity index is 579. The highest BCUT2D eigenvalue weighted by Crippen LogP contribution is 2.22. The fourth-order valence-electron chi connectivity index (χ4n) is 2.82. The average Bonchev–Trinajstić information content (AvgIpc) is 2.62. The quantitative estimate of drug-likeness (QED) is 0.836. The molecule has 0 aromatic heterocycles. The van der Waals surface area contributed by atoms with Gasteiger partial charge in [-0.25, -0.2) is 0 Å². The number of hydrogen-bond donors (Lipinski definition) is 2. The first-order valence-electron chi connectivity index (χ1n) is 8.19. The Morgan fingerprint density at radius 3 is 2.30 bits per heavy atom. The van der Waals surface area contributed by atoms with Crippen LogP contribution in [-0.2, 0) is 4.74 Å². The van der Waals surface area contributed by atoms with Gasteiger partial charge in [-0.3, -0.25) is 0 Å². The summed E-state index contributed by atoms with van der Waals surface area (Å²) in [4.78, 5) is 1.38. The summed E-state index contributed by atoms with van der Waals surface area (Å²) in [5.41, 5.74) is 2.35. The zero-order chi connectivity index (χ0) is 15.9. The van der Waals surface area contributed by atoms with Crippen LogP contribution in [0, 0.1) is 0 Å². The molecule has 0 amide bonds. The molecule has 0 bridgehead atoms. The monoisotopic (exact) mass is 314 g/mol. The van der Waals surface area contributed by atoms with Gasteiger partial charge in [0.25, 0.3) is 0 Å². The number of rotatable bonds is 6. The van der Waals surface area contributed by atoms with Crippen LogP contribution in [0.25, 0.3) is 11.1 Å². The smallest absolute Gasteiger partial charge is 0.137 e. The molecule has 1 heterocycles. The lowest BCUT2D eigenvalue weighted by Gasteiger charge is -2.25. The Kier molecular flexibility index (Phi) is 5.64. The first kappa shape index (κ1) is 16.0. The van der Waals surface area contributed by atoms with Gasteiger partial charge in [0.15, 0.2) is 0 Å². The number of aliphatic hydroxyl groups is 1. The Morgan fingerprint density at radius 2 is 1.61 bits per heavy atom. The van der Waals surface area contributed by atoms with Gasteiger partial charge < -0.3 is 19.5 Å². The van der Waals surface area contributed by atoms with Crippen LogP contribution >= 0.6 is 0 Å². The Balaban J connectivity index is 1.48. The predicted octanol–water partition coefficient (Wildman–Crippen LogP) is 1.01. The van der Waals surface area contributed by atoms with Crippen LogP contribution < -0.4 is 9.64 Å². The molecule has 4 nitrogen and oxygen atoms in total. The summed E-state index contributed by atoms with van der Waals surface area (Å²) in [6.07, 6.45) is -0.447. The molecule has 1 aliphatic rings. The summed E-state index contributed by atoms with van der Waals surface area (Å²) in [6.45, 7) is 4.53. The molecule has 2 N–H and O–H groups in total. The SMILES string of the molecule is O[C@@H](COc1ccc(-c2ccccc2)cc1)C[NH+]1CCOCC1. The highest BCUT2D eigenvalue weighted by atomic mass is 16.5. The molecule has 0 aliphatic carbocycles. The average molecular weight is 314 g/mol. The second kappa shape index (κ2) is 8.11. The number of benzene rings is 2. The summed E-state index contributed by atoms with van der Waals surface area (Å²) in [6, 6.07) is 18.3. The van der Waals surface area contributed by atoms with Crippen molar-refractivity contribution < 1.29 is 19.5 Å². The van der Waals surface area contributed by atoms with E-state index in [-0.39, 0.29) is 0 Å². The predicted molar refractivity (Wildman–Crippen MR) is 89.8 cm³/mol. The van der Waals surface area contributed by atoms with Crippen molar-refractivity contribution in [3.05, 3.63) is 54.6 Å². The molecule has 1 aliphatic heterocycles. The third kappa shape index (κ3) is 4.79. The van der Waals surface area contributed by atoms with Crippen LogP contribution in [0.3, 0.4) is 0 Å². The summed E-state index contributed by atoms with van der Waals surface area (Å²) in [7, 11) is 0. The van der Waals surface area contributed by atoms with Crippen LogP contribution in [0.15, 0.2) is 54.6 Å². The van der Waals surface area contributed by atoms with Crippen molar-refractivity contribution >= 4 is 0 Å². The summed E-state index contributed by atoms with van der Waals surface area (Å²) in [5, 5.41) is 10.1. The minimum Gasteiger partial charge on any atom is -0.491 e. The van der Waals surface area contributed by atoms with Crippen molar-refractivity contribution in [1.29, 1.82) is 0 Å². The maximum Gasteiger partial charge on any atom is 0.137 e. The van der Waals surface area contributed by atoms with Crippen molar-refractivity contribution in [3.63, 3.8) is 0 Å². The lowest BCUT2D eigenvalue weighted by Crippen LogP contribution is -3.15. The van der Waals surface area contributed by atoms with Crippen molar-refractivity contribution in [2.75, 3.05) is 39.5 Å². The van der Waals surface area contributed by atoms with Gasteiger partial charge in [-0.2, -0.15) is 0 Å². The third-order valence-electron chi connectivity index (χ3n) is 4.13. The van der Waals surface area contributed by atoms with Gasteiger partial charge in [0.2, 0.25) is 0 Å². The van der Waals surface area contributed by atoms with Crippen LogP contribution in [-0.4, -0.2) is 50.7 Å². The van der Waals surface area contributed by atoms with Gasteiger partial charge >= 0.3 is 0 Å². The number of hydrogen-bond acceptors (Lipinski definition) is 3. The van der Waals surface area contributed by atoms with E-state index in [9.17, 15) is 5.11 Å². The van der Waals surface area contributed by atoms with E-state index in [0.29, 0.717) is 13.2 Å². The van der Waals surface area contributed by atoms with E-state index in [1.54, 1.807) is 0 Å². The normalized spacial score (nSPS) is 16.9. The molecule has 0 saturated carbocycles. The molecular formula is C19H24NO3+. The largest absolute Gasteiger partial charge is 0.491 e. The van der Waals surface area contributed by atoms with Crippen LogP contribution in [0.5, 0.6) is 5.75 Å². The van der Waals surface area contributed by atoms with E-state index in [2.05, 4.69) is 12.1 Å². The number of ether oxygens (including phenoxy) is 2. The van der Waals surface area contributed by atoms with Crippen molar-refractivity contribution in [2.24, 2.45) is 0 Å². The van der Waals surface area contributed by atoms with Crippen LogP contribution in [0.4, 0.5) is 0 Å². The number of aliphatic hydroxyl groups excluding tert-OH is 1. The maximum atomic E-state index is 10.1. The van der Waals surface area contributed by atoms with Gasteiger partial charge in [0.1, 0.15) is 38.1 Å². The van der Waals surface area contributed by atoms with E-state index in [1.165, 1.54) is 10.5 Å². The molecule has 1 atom stereocenters. The van der Waals surface area contributed by atoms with E-state index in [1.807, 2.05) is 42.5 Å². The number of quaternary nitrogens is 1. The molecule has 1 fully saturated rings. The molecule has 0 radical (unpaired) electrons. The molecule has 0 unspecified atom stereocenters. The number of morpholine rings is 1. The molecule has 0 spiro atoms. The zero-order valence-corrected chi connectivity index (χ0v) is 13.3. The van der Waals surface area contributed by atoms with E-state index < -0.39 is 6.10 Å². The van der Waals surface area contributed by atoms with E-state index >= 15 is 0 Å². The molecule has 3 rings (SSSR count). The first-order valence-corrected chi connectivity index (χ1v) is 8.19. The topological polar surface area (TPSA) is 43.1 Å². The van der Waals surface area contributed by atoms with Crippen molar-refractivity contribution in [3.8, 4) is 16.9 Å². The molecule has 2 aromatic carbocycles. The summed E-state index contributed by atoms with van der Waals surface area (Å²) in [5.74, 6) is 0.792. The lowest BCUT2D eigenvalue weighted by molar-refractivity contribution is -0.911. The Hall–Kier alpha value is -1.88. The van der Waals surface area contributed by atoms with Gasteiger partial charge in [-0.05, 0) is 23.3 Å². The second-order valence-electron chi connectivity index (χ2n) is 5.92. The minimum absolute atomic E-state index is 0.328. The van der Waals surface area contributed by atoms with Gasteiger partial charge in [-0.1, -0.05) is 42.5 Å². The molecule has 2 aromatic rings. The Labute approximate surface area is 137 Å². The van der Waals surface area contributed by atoms with Crippen molar-refractivity contribution in [2.45, 2.75) is 6.10 Å². The highest BCUT2D eigenvalue weighted by molar-refractivity contribution is 5.63. The zero-order valence-electron chi connectivity index (χ0n) is 13.3. The molecule has 122 valence electrons. The van der Waals surface area contributed by atoms with Crippen LogP contribution in [0.1, 0.15) is 0 Å². The van der Waals surface area contributed by atoms with Gasteiger partial charge in [-0.15, -0.1) is 0 Å². The van der Waals surface area contributed by atoms with E-state index in [0.717, 1.165) is 37.6 Å². The van der Waals surface area contributed by atoms with Gasteiger partial charge in [0, 0.05) is 0 Å². The molecular weight excluding hydrogens is 290 g/mol. The van der Waals surface area contributed by atoms with Crippen molar-refractivity contribution in [1.82, 2.24) is 0 Å². The minimum atomic E-state index is -0.447. The summed E-state index contributed by atoms with van der Waals surface area (Å²) >= 11 is 0. The maximum absolute atomic E-state index is 10.1. The molecule has 23 heavy (non-hydrogen) atoms. The fourth-order valence-corrected chi connectivity index (χ4v) is 2.82. The second-order valence-corrected chi connectivity index (χ2v) is 5.92. The summed E-state index contributed by atoms with van der Waals surface area (Å²) < 4.78 is 11.0. The molecule has 1 saturated heterocycles.